The van der Waals surface area contributed by atoms with E-state index in [9.17, 15) is 0 Å². The van der Waals surface area contributed by atoms with Crippen LogP contribution in [0.4, 0.5) is 0 Å². The van der Waals surface area contributed by atoms with Crippen molar-refractivity contribution >= 4 is 0 Å². The topological polar surface area (TPSA) is 0 Å². The standard InChI is InChI=1S/C11H20/c1-7-9(4)11(6)10(5)8(2)3/h9H,2,7H2,1,3-6H3/b11-10+/t9-/m0/s1. The van der Waals surface area contributed by atoms with Crippen LogP contribution >= 0.6 is 0 Å². The van der Waals surface area contributed by atoms with Gasteiger partial charge in [0.1, 0.15) is 0 Å². The smallest absolute Gasteiger partial charge is 0.0231 e. The summed E-state index contributed by atoms with van der Waals surface area (Å²) in [5.41, 5.74) is 4.06. The molecule has 0 heteroatoms. The molecule has 11 heavy (non-hydrogen) atoms. The van der Waals surface area contributed by atoms with Crippen molar-refractivity contribution < 1.29 is 0 Å². The highest BCUT2D eigenvalue weighted by Crippen LogP contribution is 2.21. The van der Waals surface area contributed by atoms with Crippen LogP contribution in [0.1, 0.15) is 41.0 Å². The van der Waals surface area contributed by atoms with Crippen LogP contribution < -0.4 is 0 Å². The summed E-state index contributed by atoms with van der Waals surface area (Å²) in [7, 11) is 0. The summed E-state index contributed by atoms with van der Waals surface area (Å²) in [6.07, 6.45) is 1.22. The van der Waals surface area contributed by atoms with Gasteiger partial charge in [-0.15, -0.1) is 0 Å². The Morgan fingerprint density at radius 2 is 1.73 bits per heavy atom. The Morgan fingerprint density at radius 3 is 2.00 bits per heavy atom. The van der Waals surface area contributed by atoms with Gasteiger partial charge in [-0.1, -0.05) is 31.6 Å². The Hall–Kier alpha value is -0.520. The second kappa shape index (κ2) is 4.38. The highest BCUT2D eigenvalue weighted by molar-refractivity contribution is 5.29. The predicted molar refractivity (Wildman–Crippen MR) is 52.6 cm³/mol. The number of hydrogen-bond acceptors (Lipinski definition) is 0. The molecule has 0 saturated heterocycles. The Balaban J connectivity index is 4.51. The maximum Gasteiger partial charge on any atom is -0.0231 e. The molecule has 0 aromatic rings. The third kappa shape index (κ3) is 2.92. The number of rotatable bonds is 3. The van der Waals surface area contributed by atoms with Crippen LogP contribution in [0.15, 0.2) is 23.3 Å². The van der Waals surface area contributed by atoms with E-state index in [0.29, 0.717) is 5.92 Å². The van der Waals surface area contributed by atoms with Gasteiger partial charge in [0.2, 0.25) is 0 Å². The molecule has 0 aliphatic rings. The first-order chi connectivity index (χ1) is 5.00. The minimum absolute atomic E-state index is 0.701. The zero-order valence-corrected chi connectivity index (χ0v) is 8.49. The van der Waals surface area contributed by atoms with Gasteiger partial charge in [-0.25, -0.2) is 0 Å². The Kier molecular flexibility index (Phi) is 4.17. The van der Waals surface area contributed by atoms with Crippen molar-refractivity contribution in [2.45, 2.75) is 41.0 Å². The summed E-state index contributed by atoms with van der Waals surface area (Å²) in [5, 5.41) is 0. The molecule has 0 spiro atoms. The molecule has 0 unspecified atom stereocenters. The normalized spacial score (nSPS) is 15.7. The van der Waals surface area contributed by atoms with Crippen molar-refractivity contribution in [2.24, 2.45) is 5.92 Å². The predicted octanol–water partition coefficient (Wildman–Crippen LogP) is 3.95. The van der Waals surface area contributed by atoms with E-state index in [4.69, 9.17) is 0 Å². The van der Waals surface area contributed by atoms with Gasteiger partial charge in [0.25, 0.3) is 0 Å². The summed E-state index contributed by atoms with van der Waals surface area (Å²) >= 11 is 0. The van der Waals surface area contributed by atoms with Gasteiger partial charge in [-0.05, 0) is 38.7 Å². The maximum atomic E-state index is 3.93. The highest BCUT2D eigenvalue weighted by atomic mass is 14.1. The first-order valence-corrected chi connectivity index (χ1v) is 4.33. The van der Waals surface area contributed by atoms with Crippen molar-refractivity contribution in [3.63, 3.8) is 0 Å². The minimum Gasteiger partial charge on any atom is -0.0959 e. The van der Waals surface area contributed by atoms with Crippen molar-refractivity contribution in [1.29, 1.82) is 0 Å². The molecular formula is C11H20. The van der Waals surface area contributed by atoms with Crippen LogP contribution in [0.2, 0.25) is 0 Å². The van der Waals surface area contributed by atoms with E-state index in [1.807, 2.05) is 0 Å². The van der Waals surface area contributed by atoms with E-state index >= 15 is 0 Å². The van der Waals surface area contributed by atoms with Crippen LogP contribution in [0.3, 0.4) is 0 Å². The van der Waals surface area contributed by atoms with E-state index in [0.717, 1.165) is 0 Å². The number of allylic oxidation sites excluding steroid dienone is 3. The van der Waals surface area contributed by atoms with Crippen LogP contribution in [0.5, 0.6) is 0 Å². The van der Waals surface area contributed by atoms with Crippen LogP contribution in [-0.2, 0) is 0 Å². The zero-order chi connectivity index (χ0) is 9.02. The Labute approximate surface area is 71.0 Å². The average molecular weight is 152 g/mol. The molecule has 0 aliphatic heterocycles. The fourth-order valence-electron chi connectivity index (χ4n) is 1.01. The lowest BCUT2D eigenvalue weighted by Crippen LogP contribution is -1.97. The van der Waals surface area contributed by atoms with Gasteiger partial charge in [-0.3, -0.25) is 0 Å². The van der Waals surface area contributed by atoms with E-state index < -0.39 is 0 Å². The van der Waals surface area contributed by atoms with Gasteiger partial charge < -0.3 is 0 Å². The van der Waals surface area contributed by atoms with Gasteiger partial charge in [0.05, 0.1) is 0 Å². The monoisotopic (exact) mass is 152 g/mol. The lowest BCUT2D eigenvalue weighted by Gasteiger charge is -2.13. The summed E-state index contributed by atoms with van der Waals surface area (Å²) in [6.45, 7) is 14.9. The molecule has 0 saturated carbocycles. The van der Waals surface area contributed by atoms with E-state index in [2.05, 4.69) is 41.2 Å². The highest BCUT2D eigenvalue weighted by Gasteiger charge is 2.04. The number of hydrogen-bond donors (Lipinski definition) is 0. The second-order valence-corrected chi connectivity index (χ2v) is 3.40. The average Bonchev–Trinajstić information content (AvgIpc) is 2.00. The molecule has 0 aromatic carbocycles. The molecule has 0 fully saturated rings. The van der Waals surface area contributed by atoms with Crippen LogP contribution in [0.25, 0.3) is 0 Å². The van der Waals surface area contributed by atoms with Crippen molar-refractivity contribution in [3.05, 3.63) is 23.3 Å². The van der Waals surface area contributed by atoms with Crippen molar-refractivity contribution in [2.75, 3.05) is 0 Å². The molecule has 0 bridgehead atoms. The van der Waals surface area contributed by atoms with E-state index in [1.165, 1.54) is 23.1 Å². The second-order valence-electron chi connectivity index (χ2n) is 3.40. The first kappa shape index (κ1) is 10.5. The SMILES string of the molecule is C=C(C)/C(C)=C(\C)[C@@H](C)CC. The van der Waals surface area contributed by atoms with Crippen LogP contribution in [-0.4, -0.2) is 0 Å². The Bertz CT molecular complexity index is 172. The molecular weight excluding hydrogens is 132 g/mol. The summed E-state index contributed by atoms with van der Waals surface area (Å²) in [5.74, 6) is 0.701. The van der Waals surface area contributed by atoms with Gasteiger partial charge in [0.15, 0.2) is 0 Å². The molecule has 0 radical (unpaired) electrons. The molecule has 0 aliphatic carbocycles. The molecule has 64 valence electrons. The summed E-state index contributed by atoms with van der Waals surface area (Å²) in [6, 6.07) is 0. The third-order valence-electron chi connectivity index (χ3n) is 2.58. The fraction of sp³-hybridized carbons (Fsp3) is 0.636. The van der Waals surface area contributed by atoms with Gasteiger partial charge in [0, 0.05) is 0 Å². The molecule has 0 amide bonds. The molecule has 0 aromatic heterocycles. The quantitative estimate of drug-likeness (QED) is 0.537. The van der Waals surface area contributed by atoms with Gasteiger partial charge in [-0.2, -0.15) is 0 Å². The fourth-order valence-corrected chi connectivity index (χ4v) is 1.01. The molecule has 1 atom stereocenters. The zero-order valence-electron chi connectivity index (χ0n) is 8.49. The Morgan fingerprint density at radius 1 is 1.27 bits per heavy atom. The largest absolute Gasteiger partial charge is 0.0959 e. The van der Waals surface area contributed by atoms with E-state index in [1.54, 1.807) is 0 Å². The van der Waals surface area contributed by atoms with Crippen molar-refractivity contribution in [1.82, 2.24) is 0 Å². The summed E-state index contributed by atoms with van der Waals surface area (Å²) < 4.78 is 0. The van der Waals surface area contributed by atoms with Crippen molar-refractivity contribution in [3.8, 4) is 0 Å². The lowest BCUT2D eigenvalue weighted by molar-refractivity contribution is 0.649. The lowest BCUT2D eigenvalue weighted by atomic mass is 9.93. The minimum atomic E-state index is 0.701. The molecule has 0 heterocycles. The maximum absolute atomic E-state index is 3.93. The molecule has 0 rings (SSSR count). The molecule has 0 nitrogen and oxygen atoms in total. The molecule has 0 N–H and O–H groups in total. The third-order valence-corrected chi connectivity index (χ3v) is 2.58. The van der Waals surface area contributed by atoms with Crippen LogP contribution in [0, 0.1) is 5.92 Å². The first-order valence-electron chi connectivity index (χ1n) is 4.33. The summed E-state index contributed by atoms with van der Waals surface area (Å²) in [4.78, 5) is 0. The van der Waals surface area contributed by atoms with Gasteiger partial charge >= 0.3 is 0 Å². The van der Waals surface area contributed by atoms with E-state index in [-0.39, 0.29) is 0 Å².